The number of hydrogen-bond acceptors (Lipinski definition) is 5. The highest BCUT2D eigenvalue weighted by Gasteiger charge is 2.23. The number of fused-ring (bicyclic) bond motifs is 1. The van der Waals surface area contributed by atoms with E-state index in [4.69, 9.17) is 5.10 Å². The first-order valence-electron chi connectivity index (χ1n) is 9.38. The molecule has 1 aromatic carbocycles. The Kier molecular flexibility index (Phi) is 3.98. The average molecular weight is 359 g/mol. The summed E-state index contributed by atoms with van der Waals surface area (Å²) in [5.41, 5.74) is 7.40. The Bertz CT molecular complexity index is 1000. The zero-order valence-electron chi connectivity index (χ0n) is 15.0. The van der Waals surface area contributed by atoms with Crippen molar-refractivity contribution in [3.63, 3.8) is 0 Å². The molecule has 0 bridgehead atoms. The summed E-state index contributed by atoms with van der Waals surface area (Å²) in [5.74, 6) is 0. The van der Waals surface area contributed by atoms with Crippen LogP contribution in [0.4, 0.5) is 0 Å². The fourth-order valence-corrected chi connectivity index (χ4v) is 4.12. The molecule has 2 aromatic heterocycles. The van der Waals surface area contributed by atoms with Crippen molar-refractivity contribution in [2.75, 3.05) is 13.1 Å². The fraction of sp³-hybridized carbons (Fsp3) is 0.286. The summed E-state index contributed by atoms with van der Waals surface area (Å²) in [6.07, 6.45) is 8.58. The van der Waals surface area contributed by atoms with Crippen molar-refractivity contribution in [3.05, 3.63) is 60.0 Å². The minimum absolute atomic E-state index is 0.391. The van der Waals surface area contributed by atoms with Crippen molar-refractivity contribution in [1.82, 2.24) is 20.1 Å². The molecule has 2 N–H and O–H groups in total. The number of oxime groups is 1. The molecular weight excluding hydrogens is 338 g/mol. The zero-order valence-corrected chi connectivity index (χ0v) is 15.0. The van der Waals surface area contributed by atoms with E-state index in [-0.39, 0.29) is 0 Å². The molecule has 0 spiro atoms. The normalized spacial score (nSPS) is 20.3. The highest BCUT2D eigenvalue weighted by molar-refractivity contribution is 6.04. The van der Waals surface area contributed by atoms with E-state index in [1.807, 2.05) is 24.5 Å². The van der Waals surface area contributed by atoms with Gasteiger partial charge >= 0.3 is 0 Å². The van der Waals surface area contributed by atoms with Crippen LogP contribution in [-0.4, -0.2) is 38.8 Å². The number of aryl methyl sites for hydroxylation is 1. The topological polar surface area (TPSA) is 75.3 Å². The van der Waals surface area contributed by atoms with Gasteiger partial charge < -0.3 is 10.5 Å². The van der Waals surface area contributed by atoms with Gasteiger partial charge in [-0.2, -0.15) is 5.10 Å². The molecular formula is C21H21N5O. The SMILES string of the molecule is ON=C1CCc2cc(-c3cn(C4CCNC4)nc3-c3ccncc3)ccc21. The lowest BCUT2D eigenvalue weighted by molar-refractivity contribution is 0.318. The molecule has 1 unspecified atom stereocenters. The summed E-state index contributed by atoms with van der Waals surface area (Å²) < 4.78 is 2.11. The van der Waals surface area contributed by atoms with Gasteiger partial charge in [-0.05, 0) is 49.1 Å². The highest BCUT2D eigenvalue weighted by atomic mass is 16.4. The number of nitrogens with one attached hydrogen (secondary N) is 1. The standard InChI is InChI=1S/C21H21N5O/c27-25-20-4-2-15-11-16(1-3-18(15)20)19-13-26(17-7-10-23-12-17)24-21(19)14-5-8-22-9-6-14/h1,3,5-6,8-9,11,13,17,23,27H,2,4,7,10,12H2. The quantitative estimate of drug-likeness (QED) is 0.556. The number of aromatic nitrogens is 3. The predicted molar refractivity (Wildman–Crippen MR) is 104 cm³/mol. The maximum absolute atomic E-state index is 9.18. The lowest BCUT2D eigenvalue weighted by Crippen LogP contribution is -2.13. The molecule has 6 nitrogen and oxygen atoms in total. The van der Waals surface area contributed by atoms with E-state index < -0.39 is 0 Å². The summed E-state index contributed by atoms with van der Waals surface area (Å²) in [7, 11) is 0. The van der Waals surface area contributed by atoms with Crippen LogP contribution in [-0.2, 0) is 6.42 Å². The number of rotatable bonds is 3. The van der Waals surface area contributed by atoms with E-state index >= 15 is 0 Å². The third kappa shape index (κ3) is 2.82. The molecule has 2 aliphatic rings. The molecule has 136 valence electrons. The van der Waals surface area contributed by atoms with E-state index in [2.05, 4.69) is 44.5 Å². The van der Waals surface area contributed by atoms with Crippen LogP contribution in [0.25, 0.3) is 22.4 Å². The van der Waals surface area contributed by atoms with Gasteiger partial charge in [0, 0.05) is 41.8 Å². The van der Waals surface area contributed by atoms with Gasteiger partial charge in [-0.3, -0.25) is 9.67 Å². The Morgan fingerprint density at radius 2 is 1.96 bits per heavy atom. The maximum Gasteiger partial charge on any atom is 0.100 e. The van der Waals surface area contributed by atoms with Crippen LogP contribution >= 0.6 is 0 Å². The van der Waals surface area contributed by atoms with Crippen LogP contribution in [0.1, 0.15) is 30.0 Å². The van der Waals surface area contributed by atoms with Crippen molar-refractivity contribution < 1.29 is 5.21 Å². The number of nitrogens with zero attached hydrogens (tertiary/aromatic N) is 4. The molecule has 27 heavy (non-hydrogen) atoms. The first kappa shape index (κ1) is 16.2. The van der Waals surface area contributed by atoms with Crippen molar-refractivity contribution in [2.24, 2.45) is 5.16 Å². The second-order valence-corrected chi connectivity index (χ2v) is 7.17. The molecule has 6 heteroatoms. The molecule has 1 saturated heterocycles. The summed E-state index contributed by atoms with van der Waals surface area (Å²) >= 11 is 0. The lowest BCUT2D eigenvalue weighted by atomic mass is 9.98. The van der Waals surface area contributed by atoms with Gasteiger partial charge in [0.15, 0.2) is 0 Å². The monoisotopic (exact) mass is 359 g/mol. The fourth-order valence-electron chi connectivity index (χ4n) is 4.12. The van der Waals surface area contributed by atoms with Crippen LogP contribution in [0, 0.1) is 0 Å². The Morgan fingerprint density at radius 3 is 2.74 bits per heavy atom. The second kappa shape index (κ2) is 6.63. The highest BCUT2D eigenvalue weighted by Crippen LogP contribution is 2.35. The summed E-state index contributed by atoms with van der Waals surface area (Å²) in [5, 5.41) is 21.0. The third-order valence-electron chi connectivity index (χ3n) is 5.57. The van der Waals surface area contributed by atoms with E-state index in [1.165, 1.54) is 5.56 Å². The number of benzene rings is 1. The van der Waals surface area contributed by atoms with Crippen molar-refractivity contribution in [3.8, 4) is 22.4 Å². The molecule has 5 rings (SSSR count). The summed E-state index contributed by atoms with van der Waals surface area (Å²) in [6.45, 7) is 1.99. The van der Waals surface area contributed by atoms with Crippen LogP contribution in [0.3, 0.4) is 0 Å². The van der Waals surface area contributed by atoms with Crippen LogP contribution in [0.15, 0.2) is 54.1 Å². The first-order chi connectivity index (χ1) is 13.3. The van der Waals surface area contributed by atoms with E-state index in [9.17, 15) is 5.21 Å². The molecule has 1 aliphatic heterocycles. The molecule has 0 amide bonds. The zero-order chi connectivity index (χ0) is 18.2. The van der Waals surface area contributed by atoms with Gasteiger partial charge in [-0.1, -0.05) is 23.4 Å². The van der Waals surface area contributed by atoms with Gasteiger partial charge in [0.05, 0.1) is 11.8 Å². The summed E-state index contributed by atoms with van der Waals surface area (Å²) in [4.78, 5) is 4.14. The predicted octanol–water partition coefficient (Wildman–Crippen LogP) is 3.27. The van der Waals surface area contributed by atoms with E-state index in [0.29, 0.717) is 6.04 Å². The Morgan fingerprint density at radius 1 is 1.07 bits per heavy atom. The minimum Gasteiger partial charge on any atom is -0.411 e. The molecule has 1 aliphatic carbocycles. The van der Waals surface area contributed by atoms with Crippen LogP contribution in [0.2, 0.25) is 0 Å². The first-order valence-corrected chi connectivity index (χ1v) is 9.38. The van der Waals surface area contributed by atoms with Gasteiger partial charge in [0.25, 0.3) is 0 Å². The Hall–Kier alpha value is -2.99. The van der Waals surface area contributed by atoms with Crippen LogP contribution < -0.4 is 5.32 Å². The number of hydrogen-bond donors (Lipinski definition) is 2. The average Bonchev–Trinajstić information content (AvgIpc) is 3.46. The van der Waals surface area contributed by atoms with Gasteiger partial charge in [-0.25, -0.2) is 0 Å². The van der Waals surface area contributed by atoms with Crippen molar-refractivity contribution >= 4 is 5.71 Å². The van der Waals surface area contributed by atoms with E-state index in [1.54, 1.807) is 0 Å². The van der Waals surface area contributed by atoms with Crippen molar-refractivity contribution in [1.29, 1.82) is 0 Å². The smallest absolute Gasteiger partial charge is 0.100 e. The Labute approximate surface area is 157 Å². The second-order valence-electron chi connectivity index (χ2n) is 7.17. The molecule has 0 radical (unpaired) electrons. The molecule has 0 saturated carbocycles. The molecule has 3 heterocycles. The minimum atomic E-state index is 0.391. The van der Waals surface area contributed by atoms with E-state index in [0.717, 1.165) is 66.0 Å². The molecule has 1 fully saturated rings. The Balaban J connectivity index is 1.63. The maximum atomic E-state index is 9.18. The van der Waals surface area contributed by atoms with Gasteiger partial charge in [-0.15, -0.1) is 0 Å². The molecule has 1 atom stereocenters. The summed E-state index contributed by atoms with van der Waals surface area (Å²) in [6, 6.07) is 10.8. The third-order valence-corrected chi connectivity index (χ3v) is 5.57. The van der Waals surface area contributed by atoms with Gasteiger partial charge in [0.2, 0.25) is 0 Å². The van der Waals surface area contributed by atoms with Crippen molar-refractivity contribution in [2.45, 2.75) is 25.3 Å². The lowest BCUT2D eigenvalue weighted by Gasteiger charge is -2.08. The number of pyridine rings is 1. The molecule has 3 aromatic rings. The van der Waals surface area contributed by atoms with Gasteiger partial charge in [0.1, 0.15) is 5.69 Å². The largest absolute Gasteiger partial charge is 0.411 e. The van der Waals surface area contributed by atoms with Crippen LogP contribution in [0.5, 0.6) is 0 Å².